The van der Waals surface area contributed by atoms with Gasteiger partial charge in [0.15, 0.2) is 0 Å². The molecule has 2 aromatic heterocycles. The fourth-order valence-electron chi connectivity index (χ4n) is 6.97. The summed E-state index contributed by atoms with van der Waals surface area (Å²) >= 11 is 1.34. The van der Waals surface area contributed by atoms with Gasteiger partial charge in [-0.1, -0.05) is 30.3 Å². The van der Waals surface area contributed by atoms with E-state index in [0.29, 0.717) is 16.9 Å². The Bertz CT molecular complexity index is 2510. The molecule has 1 aliphatic heterocycles. The summed E-state index contributed by atoms with van der Waals surface area (Å²) in [6.45, 7) is 1.40. The van der Waals surface area contributed by atoms with E-state index in [1.54, 1.807) is 30.7 Å². The minimum atomic E-state index is -1.64. The van der Waals surface area contributed by atoms with Crippen molar-refractivity contribution in [2.75, 3.05) is 19.1 Å². The number of rotatable bonds is 19. The topological polar surface area (TPSA) is 327 Å². The average molecular weight is 908 g/mol. The fourth-order valence-corrected chi connectivity index (χ4v) is 7.44. The number of hydrogen-bond donors (Lipinski definition) is 11. The average Bonchev–Trinajstić information content (AvgIpc) is 3.84. The maximum absolute atomic E-state index is 14.1. The van der Waals surface area contributed by atoms with Crippen LogP contribution >= 0.6 is 11.8 Å². The Morgan fingerprint density at radius 2 is 1.69 bits per heavy atom. The number of aliphatic carboxylic acids is 1. The van der Waals surface area contributed by atoms with Crippen LogP contribution in [0.4, 0.5) is 9.59 Å². The molecule has 0 bridgehead atoms. The summed E-state index contributed by atoms with van der Waals surface area (Å²) in [5.74, 6) is -3.83. The molecule has 64 heavy (non-hydrogen) atoms. The van der Waals surface area contributed by atoms with Crippen LogP contribution in [0.5, 0.6) is 5.75 Å². The van der Waals surface area contributed by atoms with Crippen molar-refractivity contribution >= 4 is 58.5 Å². The molecule has 3 heterocycles. The van der Waals surface area contributed by atoms with Gasteiger partial charge in [-0.05, 0) is 54.7 Å². The second-order valence-corrected chi connectivity index (χ2v) is 15.9. The number of aliphatic hydroxyl groups excluding tert-OH is 1. The van der Waals surface area contributed by atoms with Crippen LogP contribution in [0.3, 0.4) is 0 Å². The molecular weight excluding hydrogens is 859 g/mol. The van der Waals surface area contributed by atoms with Gasteiger partial charge in [-0.2, -0.15) is 11.8 Å². The zero-order valence-electron chi connectivity index (χ0n) is 34.8. The van der Waals surface area contributed by atoms with Crippen LogP contribution < -0.4 is 37.8 Å². The van der Waals surface area contributed by atoms with Gasteiger partial charge in [0.1, 0.15) is 41.8 Å². The van der Waals surface area contributed by atoms with E-state index in [1.165, 1.54) is 43.9 Å². The van der Waals surface area contributed by atoms with Gasteiger partial charge >= 0.3 is 23.8 Å². The summed E-state index contributed by atoms with van der Waals surface area (Å²) in [6.07, 6.45) is 0.957. The number of para-hydroxylation sites is 1. The number of carboxylic acid groups (broad SMARTS) is 2. The van der Waals surface area contributed by atoms with Crippen molar-refractivity contribution < 1.29 is 53.9 Å². The van der Waals surface area contributed by atoms with E-state index in [9.17, 15) is 58.8 Å². The van der Waals surface area contributed by atoms with Crippen LogP contribution in [0.1, 0.15) is 37.1 Å². The highest BCUT2D eigenvalue weighted by Crippen LogP contribution is 2.30. The van der Waals surface area contributed by atoms with E-state index in [-0.39, 0.29) is 37.2 Å². The lowest BCUT2D eigenvalue weighted by Crippen LogP contribution is -2.62. The molecule has 22 nitrogen and oxygen atoms in total. The first-order valence-corrected chi connectivity index (χ1v) is 21.2. The van der Waals surface area contributed by atoms with Crippen LogP contribution in [0.15, 0.2) is 88.5 Å². The Kier molecular flexibility index (Phi) is 16.2. The van der Waals surface area contributed by atoms with Crippen LogP contribution in [0.2, 0.25) is 0 Å². The van der Waals surface area contributed by atoms with Crippen molar-refractivity contribution in [2.45, 2.75) is 75.1 Å². The monoisotopic (exact) mass is 907 g/mol. The molecular formula is C41H49N9O13S. The Labute approximate surface area is 368 Å². The highest BCUT2D eigenvalue weighted by molar-refractivity contribution is 7.98. The highest BCUT2D eigenvalue weighted by Gasteiger charge is 2.38. The van der Waals surface area contributed by atoms with Gasteiger partial charge in [0, 0.05) is 61.9 Å². The van der Waals surface area contributed by atoms with E-state index in [1.807, 2.05) is 12.1 Å². The second kappa shape index (κ2) is 21.7. The van der Waals surface area contributed by atoms with Crippen LogP contribution in [-0.2, 0) is 36.8 Å². The first-order valence-electron chi connectivity index (χ1n) is 19.8. The van der Waals surface area contributed by atoms with E-state index >= 15 is 0 Å². The molecule has 1 aliphatic rings. The van der Waals surface area contributed by atoms with Gasteiger partial charge in [-0.25, -0.2) is 19.2 Å². The minimum Gasteiger partial charge on any atom is -0.508 e. The first-order chi connectivity index (χ1) is 30.4. The van der Waals surface area contributed by atoms with Crippen LogP contribution in [0.25, 0.3) is 10.9 Å². The van der Waals surface area contributed by atoms with Gasteiger partial charge in [0.2, 0.25) is 23.9 Å². The summed E-state index contributed by atoms with van der Waals surface area (Å²) in [5.41, 5.74) is 0.247. The quantitative estimate of drug-likeness (QED) is 0.0603. The maximum Gasteiger partial charge on any atom is 0.405 e. The number of fused-ring (bicyclic) bond motifs is 1. The predicted molar refractivity (Wildman–Crippen MR) is 231 cm³/mol. The largest absolute Gasteiger partial charge is 0.508 e. The number of phenols is 1. The van der Waals surface area contributed by atoms with E-state index in [2.05, 4.69) is 36.6 Å². The van der Waals surface area contributed by atoms with Gasteiger partial charge in [-0.15, -0.1) is 0 Å². The SMILES string of the molecule is CSCCC(NC(=O)NC(Cc1c[nH]c2ccccc12)C(=O)O)C(=O)NC(C(=O)N/C=C1/C[C@@H](O)[C@H](n2ccc(=O)[nH]c2=O)O1)[C@H](C)N(C)C(=O)[C@@H](Cc1cccc(O)c1)NC(=O)O. The van der Waals surface area contributed by atoms with Gasteiger partial charge in [-0.3, -0.25) is 28.7 Å². The Hall–Kier alpha value is -7.27. The lowest BCUT2D eigenvalue weighted by molar-refractivity contribution is -0.139. The van der Waals surface area contributed by atoms with Crippen LogP contribution in [0, 0.1) is 0 Å². The predicted octanol–water partition coefficient (Wildman–Crippen LogP) is 0.288. The molecule has 4 aromatic rings. The third-order valence-electron chi connectivity index (χ3n) is 10.4. The Morgan fingerprint density at radius 3 is 2.38 bits per heavy atom. The number of thioether (sulfide) groups is 1. The third-order valence-corrected chi connectivity index (χ3v) is 11.1. The fraction of sp³-hybridized carbons (Fsp3) is 0.366. The van der Waals surface area contributed by atoms with Crippen molar-refractivity contribution in [2.24, 2.45) is 0 Å². The number of aromatic nitrogens is 3. The normalized spacial score (nSPS) is 17.5. The number of aliphatic hydroxyl groups is 1. The number of amides is 6. The lowest BCUT2D eigenvalue weighted by Gasteiger charge is -2.34. The zero-order valence-corrected chi connectivity index (χ0v) is 35.6. The van der Waals surface area contributed by atoms with E-state index < -0.39 is 89.6 Å². The minimum absolute atomic E-state index is 0.00785. The highest BCUT2D eigenvalue weighted by atomic mass is 32.2. The number of aromatic amines is 2. The zero-order chi connectivity index (χ0) is 46.7. The van der Waals surface area contributed by atoms with Crippen molar-refractivity contribution in [3.8, 4) is 5.75 Å². The number of ether oxygens (including phenoxy) is 1. The molecule has 3 unspecified atom stereocenters. The van der Waals surface area contributed by atoms with E-state index in [4.69, 9.17) is 4.74 Å². The summed E-state index contributed by atoms with van der Waals surface area (Å²) in [5, 5.41) is 53.2. The van der Waals surface area contributed by atoms with Crippen molar-refractivity contribution in [3.05, 3.63) is 111 Å². The number of likely N-dealkylation sites (N-methyl/N-ethyl adjacent to an activating group) is 1. The molecule has 0 radical (unpaired) electrons. The van der Waals surface area contributed by atoms with Gasteiger partial charge < -0.3 is 61.6 Å². The standard InChI is InChI=1S/C41H49N9O13S/c1-21(49(2)36(56)29(46-41(61)62)16-22-7-6-8-24(51)15-22)33(35(55)43-20-25-18-31(52)37(63-25)50-13-11-32(53)47-40(50)60)48-34(54)28(12-14-64-3)44-39(59)45-30(38(57)58)17-23-19-42-27-10-5-4-9-26(23)27/h4-11,13,15,19-21,28-31,33,37,42,46,51-52H,12,14,16-18H2,1-3H3,(H,43,55)(H,48,54)(H,57,58)(H,61,62)(H2,44,45,59)(H,47,53,60)/b25-20-/t21-,28?,29+,30?,31+,33?,37+/m0/s1. The smallest absolute Gasteiger partial charge is 0.405 e. The Balaban J connectivity index is 1.38. The number of carbonyl (C=O) groups is 6. The molecule has 23 heteroatoms. The summed E-state index contributed by atoms with van der Waals surface area (Å²) in [6, 6.07) is 5.98. The van der Waals surface area contributed by atoms with Crippen molar-refractivity contribution in [1.29, 1.82) is 0 Å². The summed E-state index contributed by atoms with van der Waals surface area (Å²) in [7, 11) is 1.27. The number of carbonyl (C=O) groups excluding carboxylic acids is 4. The molecule has 0 spiro atoms. The van der Waals surface area contributed by atoms with Crippen molar-refractivity contribution in [3.63, 3.8) is 0 Å². The second-order valence-electron chi connectivity index (χ2n) is 14.9. The molecule has 1 saturated heterocycles. The number of aromatic hydroxyl groups is 1. The van der Waals surface area contributed by atoms with Crippen molar-refractivity contribution in [1.82, 2.24) is 46.0 Å². The first kappa shape index (κ1) is 47.8. The number of H-pyrrole nitrogens is 2. The number of phenolic OH excluding ortho intramolecular Hbond substituents is 1. The summed E-state index contributed by atoms with van der Waals surface area (Å²) < 4.78 is 6.65. The molecule has 0 aliphatic carbocycles. The number of hydrogen-bond acceptors (Lipinski definition) is 12. The lowest BCUT2D eigenvalue weighted by atomic mass is 10.0. The number of urea groups is 1. The number of benzene rings is 2. The van der Waals surface area contributed by atoms with Gasteiger partial charge in [0.05, 0.1) is 6.04 Å². The summed E-state index contributed by atoms with van der Waals surface area (Å²) in [4.78, 5) is 110. The molecule has 2 aromatic carbocycles. The maximum atomic E-state index is 14.1. The molecule has 5 rings (SSSR count). The molecule has 6 amide bonds. The molecule has 11 N–H and O–H groups in total. The number of nitrogens with one attached hydrogen (secondary N) is 7. The Morgan fingerprint density at radius 1 is 0.953 bits per heavy atom. The van der Waals surface area contributed by atoms with E-state index in [0.717, 1.165) is 38.8 Å². The number of carboxylic acids is 1. The van der Waals surface area contributed by atoms with Crippen LogP contribution in [-0.4, -0.2) is 131 Å². The molecule has 342 valence electrons. The molecule has 7 atom stereocenters. The molecule has 0 saturated carbocycles. The molecule has 1 fully saturated rings. The number of nitrogens with zero attached hydrogens (tertiary/aromatic N) is 2. The third kappa shape index (κ3) is 12.4. The van der Waals surface area contributed by atoms with Gasteiger partial charge in [0.25, 0.3) is 5.56 Å².